The highest BCUT2D eigenvalue weighted by atomic mass is 127. The average molecular weight is 468 g/mol. The summed E-state index contributed by atoms with van der Waals surface area (Å²) in [5.74, 6) is 0.752. The first-order chi connectivity index (χ1) is 11.6. The van der Waals surface area contributed by atoms with Crippen LogP contribution >= 0.6 is 24.0 Å². The summed E-state index contributed by atoms with van der Waals surface area (Å²) in [7, 11) is 0. The van der Waals surface area contributed by atoms with Gasteiger partial charge in [0.25, 0.3) is 0 Å². The number of nitrogens with two attached hydrogens (primary N) is 1. The average Bonchev–Trinajstić information content (AvgIpc) is 2.58. The van der Waals surface area contributed by atoms with Crippen LogP contribution in [0.2, 0.25) is 0 Å². The molecule has 1 atom stereocenters. The molecule has 0 saturated carbocycles. The molecule has 0 aliphatic rings. The van der Waals surface area contributed by atoms with E-state index in [2.05, 4.69) is 27.7 Å². The van der Waals surface area contributed by atoms with Crippen LogP contribution in [-0.2, 0) is 0 Å². The van der Waals surface area contributed by atoms with Crippen LogP contribution in [0.25, 0.3) is 0 Å². The standard InChI is InChI=1S/C23H49N.HI/c1-5-9-12-15-19-22(18-8-4)23(24,20-16-13-10-6-2)21-17-14-11-7-3;/h22H,5-21,24H2,1-4H3;1H. The maximum atomic E-state index is 7.11. The molecule has 0 aromatic heterocycles. The molecule has 25 heavy (non-hydrogen) atoms. The molecule has 0 spiro atoms. The predicted molar refractivity (Wildman–Crippen MR) is 127 cm³/mol. The fraction of sp³-hybridized carbons (Fsp3) is 1.00. The quantitative estimate of drug-likeness (QED) is 0.158. The third-order valence-electron chi connectivity index (χ3n) is 5.85. The molecule has 1 nitrogen and oxygen atoms in total. The van der Waals surface area contributed by atoms with Gasteiger partial charge in [0.1, 0.15) is 0 Å². The van der Waals surface area contributed by atoms with Crippen LogP contribution < -0.4 is 5.73 Å². The molecule has 0 heterocycles. The van der Waals surface area contributed by atoms with Crippen molar-refractivity contribution in [2.75, 3.05) is 0 Å². The van der Waals surface area contributed by atoms with Gasteiger partial charge in [-0.3, -0.25) is 0 Å². The summed E-state index contributed by atoms with van der Waals surface area (Å²) in [5, 5.41) is 0. The third-order valence-corrected chi connectivity index (χ3v) is 5.85. The van der Waals surface area contributed by atoms with Gasteiger partial charge in [-0.15, -0.1) is 24.0 Å². The summed E-state index contributed by atoms with van der Waals surface area (Å²) in [6.45, 7) is 9.24. The highest BCUT2D eigenvalue weighted by Gasteiger charge is 2.32. The monoisotopic (exact) mass is 467 g/mol. The fourth-order valence-corrected chi connectivity index (χ4v) is 4.18. The Morgan fingerprint density at radius 3 is 1.40 bits per heavy atom. The van der Waals surface area contributed by atoms with Crippen molar-refractivity contribution in [2.45, 2.75) is 142 Å². The molecular weight excluding hydrogens is 417 g/mol. The first kappa shape index (κ1) is 27.9. The van der Waals surface area contributed by atoms with Crippen molar-refractivity contribution < 1.29 is 0 Å². The fourth-order valence-electron chi connectivity index (χ4n) is 4.18. The van der Waals surface area contributed by atoms with Crippen molar-refractivity contribution in [3.63, 3.8) is 0 Å². The summed E-state index contributed by atoms with van der Waals surface area (Å²) in [6, 6.07) is 0. The van der Waals surface area contributed by atoms with Crippen molar-refractivity contribution >= 4 is 24.0 Å². The zero-order valence-corrected chi connectivity index (χ0v) is 20.4. The second kappa shape index (κ2) is 19.5. The number of rotatable bonds is 18. The van der Waals surface area contributed by atoms with E-state index in [4.69, 9.17) is 5.73 Å². The molecule has 1 unspecified atom stereocenters. The Balaban J connectivity index is 0. The summed E-state index contributed by atoms with van der Waals surface area (Å²) in [6.07, 6.45) is 22.9. The van der Waals surface area contributed by atoms with Crippen LogP contribution in [-0.4, -0.2) is 5.54 Å². The topological polar surface area (TPSA) is 26.0 Å². The van der Waals surface area contributed by atoms with E-state index in [9.17, 15) is 0 Å². The van der Waals surface area contributed by atoms with Crippen molar-refractivity contribution in [1.82, 2.24) is 0 Å². The van der Waals surface area contributed by atoms with Crippen molar-refractivity contribution in [3.05, 3.63) is 0 Å². The molecule has 0 saturated heterocycles. The maximum Gasteiger partial charge on any atom is 0.0182 e. The van der Waals surface area contributed by atoms with Gasteiger partial charge in [-0.25, -0.2) is 0 Å². The van der Waals surface area contributed by atoms with Crippen LogP contribution in [0.15, 0.2) is 0 Å². The normalized spacial score (nSPS) is 12.8. The van der Waals surface area contributed by atoms with Gasteiger partial charge in [-0.1, -0.05) is 111 Å². The van der Waals surface area contributed by atoms with Crippen LogP contribution in [0, 0.1) is 5.92 Å². The molecule has 154 valence electrons. The van der Waals surface area contributed by atoms with Gasteiger partial charge in [0, 0.05) is 5.54 Å². The van der Waals surface area contributed by atoms with E-state index in [-0.39, 0.29) is 29.5 Å². The van der Waals surface area contributed by atoms with Gasteiger partial charge < -0.3 is 5.73 Å². The highest BCUT2D eigenvalue weighted by molar-refractivity contribution is 14.0. The van der Waals surface area contributed by atoms with E-state index in [1.165, 1.54) is 109 Å². The van der Waals surface area contributed by atoms with Crippen LogP contribution in [0.1, 0.15) is 137 Å². The second-order valence-electron chi connectivity index (χ2n) is 8.19. The summed E-state index contributed by atoms with van der Waals surface area (Å²) in [4.78, 5) is 0. The smallest absolute Gasteiger partial charge is 0.0182 e. The molecule has 0 aromatic rings. The molecule has 2 N–H and O–H groups in total. The van der Waals surface area contributed by atoms with Crippen LogP contribution in [0.5, 0.6) is 0 Å². The Labute approximate surface area is 177 Å². The molecule has 0 radical (unpaired) electrons. The van der Waals surface area contributed by atoms with Gasteiger partial charge >= 0.3 is 0 Å². The summed E-state index contributed by atoms with van der Waals surface area (Å²) < 4.78 is 0. The Morgan fingerprint density at radius 1 is 0.560 bits per heavy atom. The zero-order chi connectivity index (χ0) is 18.1. The first-order valence-corrected chi connectivity index (χ1v) is 11.4. The Bertz CT molecular complexity index is 242. The van der Waals surface area contributed by atoms with Crippen molar-refractivity contribution in [1.29, 1.82) is 0 Å². The van der Waals surface area contributed by atoms with E-state index in [1.807, 2.05) is 0 Å². The lowest BCUT2D eigenvalue weighted by Crippen LogP contribution is -2.47. The number of unbranched alkanes of at least 4 members (excludes halogenated alkanes) is 9. The van der Waals surface area contributed by atoms with E-state index >= 15 is 0 Å². The van der Waals surface area contributed by atoms with Crippen molar-refractivity contribution in [2.24, 2.45) is 11.7 Å². The maximum absolute atomic E-state index is 7.11. The van der Waals surface area contributed by atoms with E-state index in [0.717, 1.165) is 5.92 Å². The minimum absolute atomic E-state index is 0. The predicted octanol–water partition coefficient (Wildman–Crippen LogP) is 8.63. The van der Waals surface area contributed by atoms with Gasteiger partial charge in [0.2, 0.25) is 0 Å². The highest BCUT2D eigenvalue weighted by Crippen LogP contribution is 2.34. The molecule has 0 fully saturated rings. The van der Waals surface area contributed by atoms with Gasteiger partial charge in [-0.05, 0) is 31.6 Å². The zero-order valence-electron chi connectivity index (χ0n) is 18.1. The summed E-state index contributed by atoms with van der Waals surface area (Å²) in [5.41, 5.74) is 7.22. The van der Waals surface area contributed by atoms with Gasteiger partial charge in [-0.2, -0.15) is 0 Å². The SMILES string of the molecule is CCCCCCC(CCC)C(N)(CCCCCC)CCCCCC.I. The van der Waals surface area contributed by atoms with E-state index in [1.54, 1.807) is 0 Å². The van der Waals surface area contributed by atoms with E-state index in [0.29, 0.717) is 0 Å². The van der Waals surface area contributed by atoms with Crippen molar-refractivity contribution in [3.8, 4) is 0 Å². The second-order valence-corrected chi connectivity index (χ2v) is 8.19. The number of hydrogen-bond acceptors (Lipinski definition) is 1. The lowest BCUT2D eigenvalue weighted by molar-refractivity contribution is 0.193. The molecule has 0 amide bonds. The van der Waals surface area contributed by atoms with Crippen LogP contribution in [0.4, 0.5) is 0 Å². The molecule has 0 rings (SSSR count). The molecule has 0 bridgehead atoms. The van der Waals surface area contributed by atoms with E-state index < -0.39 is 0 Å². The lowest BCUT2D eigenvalue weighted by atomic mass is 9.72. The largest absolute Gasteiger partial charge is 0.325 e. The molecule has 0 aliphatic carbocycles. The summed E-state index contributed by atoms with van der Waals surface area (Å²) >= 11 is 0. The molecule has 0 aliphatic heterocycles. The Kier molecular flexibility index (Phi) is 21.7. The molecule has 0 aromatic carbocycles. The lowest BCUT2D eigenvalue weighted by Gasteiger charge is -2.39. The van der Waals surface area contributed by atoms with Crippen LogP contribution in [0.3, 0.4) is 0 Å². The minimum Gasteiger partial charge on any atom is -0.325 e. The Hall–Kier alpha value is 0.690. The Morgan fingerprint density at radius 2 is 1.00 bits per heavy atom. The van der Waals surface area contributed by atoms with Gasteiger partial charge in [0.15, 0.2) is 0 Å². The first-order valence-electron chi connectivity index (χ1n) is 11.4. The van der Waals surface area contributed by atoms with Gasteiger partial charge in [0.05, 0.1) is 0 Å². The minimum atomic E-state index is 0. The number of halogens is 1. The third kappa shape index (κ3) is 14.4. The number of hydrogen-bond donors (Lipinski definition) is 1. The molecular formula is C23H50IN. The molecule has 2 heteroatoms.